The van der Waals surface area contributed by atoms with Crippen molar-refractivity contribution in [3.63, 3.8) is 0 Å². The van der Waals surface area contributed by atoms with Crippen molar-refractivity contribution < 1.29 is 4.79 Å². The van der Waals surface area contributed by atoms with Gasteiger partial charge in [-0.2, -0.15) is 0 Å². The maximum atomic E-state index is 12.2. The second-order valence-electron chi connectivity index (χ2n) is 3.96. The summed E-state index contributed by atoms with van der Waals surface area (Å²) in [5, 5.41) is 3.66. The van der Waals surface area contributed by atoms with E-state index in [0.717, 1.165) is 4.47 Å². The van der Waals surface area contributed by atoms with E-state index >= 15 is 0 Å². The van der Waals surface area contributed by atoms with Gasteiger partial charge in [-0.05, 0) is 31.2 Å². The van der Waals surface area contributed by atoms with Gasteiger partial charge in [0.05, 0.1) is 26.3 Å². The van der Waals surface area contributed by atoms with E-state index in [0.29, 0.717) is 21.3 Å². The first-order chi connectivity index (χ1) is 9.38. The first-order valence-corrected chi connectivity index (χ1v) is 7.40. The quantitative estimate of drug-likeness (QED) is 0.745. The number of amides is 1. The zero-order chi connectivity index (χ0) is 14.9. The van der Waals surface area contributed by atoms with Gasteiger partial charge in [-0.25, -0.2) is 4.98 Å². The number of hydrogen-bond acceptors (Lipinski definition) is 2. The predicted octanol–water partition coefficient (Wildman–Crippen LogP) is 5.37. The molecule has 0 aliphatic rings. The second kappa shape index (κ2) is 6.31. The molecule has 0 fully saturated rings. The Morgan fingerprint density at radius 1 is 1.15 bits per heavy atom. The Morgan fingerprint density at radius 2 is 1.85 bits per heavy atom. The molecule has 20 heavy (non-hydrogen) atoms. The minimum Gasteiger partial charge on any atom is -0.305 e. The maximum Gasteiger partial charge on any atom is 0.258 e. The molecule has 0 atom stereocenters. The van der Waals surface area contributed by atoms with Crippen molar-refractivity contribution in [1.29, 1.82) is 0 Å². The van der Waals surface area contributed by atoms with E-state index in [-0.39, 0.29) is 10.8 Å². The molecule has 0 aliphatic carbocycles. The van der Waals surface area contributed by atoms with Crippen LogP contribution in [0.4, 0.5) is 5.82 Å². The molecule has 1 N–H and O–H groups in total. The molecule has 0 aliphatic heterocycles. The highest BCUT2D eigenvalue weighted by Gasteiger charge is 2.14. The van der Waals surface area contributed by atoms with Gasteiger partial charge in [0.1, 0.15) is 0 Å². The first kappa shape index (κ1) is 15.6. The molecular weight excluding hydrogens is 386 g/mol. The molecule has 7 heteroatoms. The van der Waals surface area contributed by atoms with E-state index in [1.807, 2.05) is 0 Å². The number of benzene rings is 1. The molecule has 1 amide bonds. The van der Waals surface area contributed by atoms with Crippen molar-refractivity contribution >= 4 is 62.5 Å². The molecular formula is C13H8BrCl3N2O. The molecule has 0 spiro atoms. The molecule has 2 aromatic rings. The van der Waals surface area contributed by atoms with Crippen molar-refractivity contribution in [3.05, 3.63) is 55.1 Å². The highest BCUT2D eigenvalue weighted by Crippen LogP contribution is 2.27. The molecule has 0 bridgehead atoms. The van der Waals surface area contributed by atoms with Gasteiger partial charge in [-0.3, -0.25) is 4.79 Å². The minimum atomic E-state index is -0.396. The lowest BCUT2D eigenvalue weighted by Crippen LogP contribution is -2.14. The van der Waals surface area contributed by atoms with Crippen molar-refractivity contribution in [1.82, 2.24) is 4.98 Å². The number of nitrogens with one attached hydrogen (secondary N) is 1. The number of nitrogens with zero attached hydrogens (tertiary/aromatic N) is 1. The van der Waals surface area contributed by atoms with Crippen LogP contribution in [0.3, 0.4) is 0 Å². The summed E-state index contributed by atoms with van der Waals surface area (Å²) < 4.78 is 0.749. The summed E-state index contributed by atoms with van der Waals surface area (Å²) in [6.07, 6.45) is 0. The molecule has 1 aromatic carbocycles. The Morgan fingerprint density at radius 3 is 2.55 bits per heavy atom. The first-order valence-electron chi connectivity index (χ1n) is 5.47. The molecule has 2 rings (SSSR count). The molecule has 1 heterocycles. The number of aryl methyl sites for hydroxylation is 1. The highest BCUT2D eigenvalue weighted by molar-refractivity contribution is 9.10. The van der Waals surface area contributed by atoms with Gasteiger partial charge in [0.25, 0.3) is 5.91 Å². The lowest BCUT2D eigenvalue weighted by Gasteiger charge is -2.09. The summed E-state index contributed by atoms with van der Waals surface area (Å²) in [7, 11) is 0. The standard InChI is InChI=1S/C13H8BrCl3N2O/c1-6-10(16)5-11(17)12(18-6)19-13(20)8-4-7(14)2-3-9(8)15/h2-5H,1H3,(H,18,19,20). The van der Waals surface area contributed by atoms with Crippen LogP contribution < -0.4 is 5.32 Å². The van der Waals surface area contributed by atoms with Crippen molar-refractivity contribution in [2.24, 2.45) is 0 Å². The van der Waals surface area contributed by atoms with E-state index in [1.165, 1.54) is 6.07 Å². The highest BCUT2D eigenvalue weighted by atomic mass is 79.9. The van der Waals surface area contributed by atoms with Crippen LogP contribution in [0.15, 0.2) is 28.7 Å². The molecule has 0 saturated heterocycles. The van der Waals surface area contributed by atoms with Crippen LogP contribution in [0.1, 0.15) is 16.1 Å². The lowest BCUT2D eigenvalue weighted by molar-refractivity contribution is 0.102. The Balaban J connectivity index is 2.32. The van der Waals surface area contributed by atoms with E-state index in [1.54, 1.807) is 25.1 Å². The average Bonchev–Trinajstić information content (AvgIpc) is 2.38. The molecule has 0 radical (unpaired) electrons. The molecule has 3 nitrogen and oxygen atoms in total. The summed E-state index contributed by atoms with van der Waals surface area (Å²) in [5.41, 5.74) is 0.901. The molecule has 104 valence electrons. The zero-order valence-electron chi connectivity index (χ0n) is 10.2. The summed E-state index contributed by atoms with van der Waals surface area (Å²) in [5.74, 6) is -0.151. The fraction of sp³-hybridized carbons (Fsp3) is 0.0769. The van der Waals surface area contributed by atoms with E-state index < -0.39 is 5.91 Å². The van der Waals surface area contributed by atoms with E-state index in [2.05, 4.69) is 26.2 Å². The van der Waals surface area contributed by atoms with Crippen molar-refractivity contribution in [2.45, 2.75) is 6.92 Å². The van der Waals surface area contributed by atoms with Crippen molar-refractivity contribution in [3.8, 4) is 0 Å². The summed E-state index contributed by atoms with van der Waals surface area (Å²) >= 11 is 21.2. The number of anilines is 1. The summed E-state index contributed by atoms with van der Waals surface area (Å²) in [4.78, 5) is 16.3. The fourth-order valence-corrected chi connectivity index (χ4v) is 2.46. The predicted molar refractivity (Wildman–Crippen MR) is 86.1 cm³/mol. The Hall–Kier alpha value is -0.810. The Kier molecular flexibility index (Phi) is 4.91. The number of rotatable bonds is 2. The van der Waals surface area contributed by atoms with Gasteiger partial charge in [0, 0.05) is 4.47 Å². The van der Waals surface area contributed by atoms with E-state index in [4.69, 9.17) is 34.8 Å². The second-order valence-corrected chi connectivity index (χ2v) is 6.10. The monoisotopic (exact) mass is 392 g/mol. The molecule has 0 saturated carbocycles. The van der Waals surface area contributed by atoms with Crippen LogP contribution in [0, 0.1) is 6.92 Å². The topological polar surface area (TPSA) is 42.0 Å². The number of halogens is 4. The van der Waals surface area contributed by atoms with Crippen LogP contribution in [0.5, 0.6) is 0 Å². The van der Waals surface area contributed by atoms with Gasteiger partial charge in [-0.1, -0.05) is 50.7 Å². The maximum absolute atomic E-state index is 12.2. The van der Waals surface area contributed by atoms with Gasteiger partial charge < -0.3 is 5.32 Å². The van der Waals surface area contributed by atoms with Gasteiger partial charge in [0.15, 0.2) is 5.82 Å². The van der Waals surface area contributed by atoms with Gasteiger partial charge in [0.2, 0.25) is 0 Å². The smallest absolute Gasteiger partial charge is 0.258 e. The third-order valence-electron chi connectivity index (χ3n) is 2.51. The SMILES string of the molecule is Cc1nc(NC(=O)c2cc(Br)ccc2Cl)c(Cl)cc1Cl. The molecule has 0 unspecified atom stereocenters. The average molecular weight is 394 g/mol. The van der Waals surface area contributed by atoms with Crippen LogP contribution in [-0.4, -0.2) is 10.9 Å². The largest absolute Gasteiger partial charge is 0.305 e. The number of carbonyl (C=O) groups is 1. The number of carbonyl (C=O) groups excluding carboxylic acids is 1. The van der Waals surface area contributed by atoms with Gasteiger partial charge in [-0.15, -0.1) is 0 Å². The Labute approximate surface area is 139 Å². The molecule has 1 aromatic heterocycles. The third kappa shape index (κ3) is 3.44. The summed E-state index contributed by atoms with van der Waals surface area (Å²) in [6.45, 7) is 1.72. The number of aromatic nitrogens is 1. The minimum absolute atomic E-state index is 0.245. The van der Waals surface area contributed by atoms with Crippen LogP contribution in [0.2, 0.25) is 15.1 Å². The van der Waals surface area contributed by atoms with Crippen LogP contribution in [-0.2, 0) is 0 Å². The third-order valence-corrected chi connectivity index (χ3v) is 4.00. The lowest BCUT2D eigenvalue weighted by atomic mass is 10.2. The van der Waals surface area contributed by atoms with Crippen molar-refractivity contribution in [2.75, 3.05) is 5.32 Å². The Bertz CT molecular complexity index is 692. The van der Waals surface area contributed by atoms with Crippen LogP contribution in [0.25, 0.3) is 0 Å². The van der Waals surface area contributed by atoms with Gasteiger partial charge >= 0.3 is 0 Å². The van der Waals surface area contributed by atoms with Crippen LogP contribution >= 0.6 is 50.7 Å². The number of pyridine rings is 1. The summed E-state index contributed by atoms with van der Waals surface area (Å²) in [6, 6.07) is 6.53. The number of hydrogen-bond donors (Lipinski definition) is 1. The zero-order valence-corrected chi connectivity index (χ0v) is 14.0. The normalized spacial score (nSPS) is 10.4. The fourth-order valence-electron chi connectivity index (χ4n) is 1.49. The van der Waals surface area contributed by atoms with E-state index in [9.17, 15) is 4.79 Å².